The van der Waals surface area contributed by atoms with Crippen molar-refractivity contribution in [3.63, 3.8) is 0 Å². The number of nitrogens with one attached hydrogen (secondary N) is 1. The van der Waals surface area contributed by atoms with Crippen LogP contribution in [-0.4, -0.2) is 42.1 Å². The van der Waals surface area contributed by atoms with E-state index in [0.717, 1.165) is 10.7 Å². The van der Waals surface area contributed by atoms with Gasteiger partial charge in [0.05, 0.1) is 17.6 Å². The number of amides is 1. The van der Waals surface area contributed by atoms with E-state index in [9.17, 15) is 26.7 Å². The molecular weight excluding hydrogens is 451 g/mol. The third-order valence-corrected chi connectivity index (χ3v) is 5.49. The van der Waals surface area contributed by atoms with E-state index >= 15 is 0 Å². The van der Waals surface area contributed by atoms with E-state index in [4.69, 9.17) is 4.42 Å². The van der Waals surface area contributed by atoms with Gasteiger partial charge in [0.1, 0.15) is 17.4 Å². The first-order valence-electron chi connectivity index (χ1n) is 9.77. The number of carbonyl (C=O) groups excluding carboxylic acids is 1. The third kappa shape index (κ3) is 3.43. The standard InChI is InChI=1S/C20H15F5N6O2/c1-30-18(28-17(29-30)16(21)22)19(32)31-6-5-11-13(27-8-26-11)14(31)12-7-9-3-2-4-10(15(9)33-12)20(23,24)25/h2-4,7-8,14,16H,5-6H2,1H3,(H,26,27)/t14-/m1/s1. The van der Waals surface area contributed by atoms with Gasteiger partial charge in [0.15, 0.2) is 0 Å². The molecule has 3 aromatic heterocycles. The fourth-order valence-corrected chi connectivity index (χ4v) is 4.04. The number of rotatable bonds is 3. The van der Waals surface area contributed by atoms with Gasteiger partial charge in [0.25, 0.3) is 12.3 Å². The number of aromatic nitrogens is 5. The number of hydrogen-bond donors (Lipinski definition) is 1. The Labute approximate surface area is 182 Å². The maximum Gasteiger partial charge on any atom is 0.420 e. The summed E-state index contributed by atoms with van der Waals surface area (Å²) in [4.78, 5) is 25.4. The Morgan fingerprint density at radius 1 is 1.30 bits per heavy atom. The van der Waals surface area contributed by atoms with E-state index in [1.807, 2.05) is 0 Å². The van der Waals surface area contributed by atoms with Gasteiger partial charge in [-0.05, 0) is 12.1 Å². The highest BCUT2D eigenvalue weighted by Crippen LogP contribution is 2.41. The first-order valence-corrected chi connectivity index (χ1v) is 9.77. The molecule has 1 atom stereocenters. The Kier molecular flexibility index (Phi) is 4.72. The number of hydrogen-bond acceptors (Lipinski definition) is 5. The average molecular weight is 466 g/mol. The molecule has 13 heteroatoms. The van der Waals surface area contributed by atoms with Gasteiger partial charge in [-0.15, -0.1) is 5.10 Å². The lowest BCUT2D eigenvalue weighted by Crippen LogP contribution is -2.41. The molecule has 4 aromatic rings. The van der Waals surface area contributed by atoms with Gasteiger partial charge in [-0.2, -0.15) is 13.2 Å². The maximum absolute atomic E-state index is 13.5. The van der Waals surface area contributed by atoms with Crippen molar-refractivity contribution >= 4 is 16.9 Å². The zero-order valence-corrected chi connectivity index (χ0v) is 16.9. The molecule has 33 heavy (non-hydrogen) atoms. The second-order valence-corrected chi connectivity index (χ2v) is 7.51. The molecular formula is C20H15F5N6O2. The fourth-order valence-electron chi connectivity index (χ4n) is 4.04. The first kappa shape index (κ1) is 21.1. The predicted octanol–water partition coefficient (Wildman–Crippen LogP) is 4.03. The van der Waals surface area contributed by atoms with Crippen LogP contribution in [0.2, 0.25) is 0 Å². The summed E-state index contributed by atoms with van der Waals surface area (Å²) in [5.41, 5.74) is -0.240. The monoisotopic (exact) mass is 466 g/mol. The molecule has 4 heterocycles. The molecule has 0 unspecified atom stereocenters. The highest BCUT2D eigenvalue weighted by atomic mass is 19.4. The maximum atomic E-state index is 13.5. The molecule has 0 saturated carbocycles. The molecule has 1 amide bonds. The van der Waals surface area contributed by atoms with Gasteiger partial charge in [-0.3, -0.25) is 4.79 Å². The zero-order chi connectivity index (χ0) is 23.5. The number of imidazole rings is 1. The largest absolute Gasteiger partial charge is 0.458 e. The minimum absolute atomic E-state index is 0.0550. The lowest BCUT2D eigenvalue weighted by molar-refractivity contribution is -0.136. The van der Waals surface area contributed by atoms with Crippen molar-refractivity contribution in [2.75, 3.05) is 6.54 Å². The van der Waals surface area contributed by atoms with Crippen LogP contribution >= 0.6 is 0 Å². The van der Waals surface area contributed by atoms with E-state index < -0.39 is 35.9 Å². The van der Waals surface area contributed by atoms with Gasteiger partial charge in [0.2, 0.25) is 11.6 Å². The number of fused-ring (bicyclic) bond motifs is 2. The van der Waals surface area contributed by atoms with Crippen molar-refractivity contribution in [1.82, 2.24) is 29.6 Å². The summed E-state index contributed by atoms with van der Waals surface area (Å²) < 4.78 is 73.1. The average Bonchev–Trinajstić information content (AvgIpc) is 3.48. The highest BCUT2D eigenvalue weighted by Gasteiger charge is 2.40. The number of H-pyrrole nitrogens is 1. The number of nitrogens with zero attached hydrogens (tertiary/aromatic N) is 5. The zero-order valence-electron chi connectivity index (χ0n) is 16.9. The topological polar surface area (TPSA) is 92.8 Å². The molecule has 0 aliphatic carbocycles. The molecule has 1 aliphatic rings. The highest BCUT2D eigenvalue weighted by molar-refractivity contribution is 5.91. The molecule has 1 N–H and O–H groups in total. The summed E-state index contributed by atoms with van der Waals surface area (Å²) in [6, 6.07) is 4.06. The van der Waals surface area contributed by atoms with E-state index in [0.29, 0.717) is 17.8 Å². The van der Waals surface area contributed by atoms with Crippen molar-refractivity contribution < 1.29 is 31.2 Å². The molecule has 1 aromatic carbocycles. The Bertz CT molecular complexity index is 1350. The second kappa shape index (κ2) is 7.39. The molecule has 172 valence electrons. The lowest BCUT2D eigenvalue weighted by Gasteiger charge is -2.33. The van der Waals surface area contributed by atoms with E-state index in [1.54, 1.807) is 0 Å². The fraction of sp³-hybridized carbons (Fsp3) is 0.300. The number of aryl methyl sites for hydroxylation is 1. The van der Waals surface area contributed by atoms with Crippen molar-refractivity contribution in [3.05, 3.63) is 65.0 Å². The van der Waals surface area contributed by atoms with Gasteiger partial charge < -0.3 is 14.3 Å². The molecule has 0 spiro atoms. The third-order valence-electron chi connectivity index (χ3n) is 5.49. The Morgan fingerprint density at radius 2 is 2.09 bits per heavy atom. The van der Waals surface area contributed by atoms with Crippen molar-refractivity contribution in [1.29, 1.82) is 0 Å². The Balaban J connectivity index is 1.63. The number of furan rings is 1. The lowest BCUT2D eigenvalue weighted by atomic mass is 10.00. The van der Waals surface area contributed by atoms with Crippen LogP contribution in [-0.2, 0) is 19.6 Å². The molecule has 8 nitrogen and oxygen atoms in total. The number of aromatic amines is 1. The first-order chi connectivity index (χ1) is 15.6. The minimum Gasteiger partial charge on any atom is -0.458 e. The number of carbonyl (C=O) groups is 1. The van der Waals surface area contributed by atoms with E-state index in [-0.39, 0.29) is 29.1 Å². The van der Waals surface area contributed by atoms with Crippen molar-refractivity contribution in [2.24, 2.45) is 7.05 Å². The summed E-state index contributed by atoms with van der Waals surface area (Å²) in [6.45, 7) is 0.124. The Morgan fingerprint density at radius 3 is 2.79 bits per heavy atom. The summed E-state index contributed by atoms with van der Waals surface area (Å²) in [6.07, 6.45) is -5.83. The van der Waals surface area contributed by atoms with Crippen LogP contribution in [0.25, 0.3) is 11.0 Å². The molecule has 0 fully saturated rings. The predicted molar refractivity (Wildman–Crippen MR) is 102 cm³/mol. The van der Waals surface area contributed by atoms with Gasteiger partial charge in [0, 0.05) is 31.1 Å². The summed E-state index contributed by atoms with van der Waals surface area (Å²) >= 11 is 0. The smallest absolute Gasteiger partial charge is 0.420 e. The van der Waals surface area contributed by atoms with Gasteiger partial charge in [-0.25, -0.2) is 23.4 Å². The molecule has 5 rings (SSSR count). The van der Waals surface area contributed by atoms with Crippen molar-refractivity contribution in [2.45, 2.75) is 25.1 Å². The SMILES string of the molecule is Cn1nc(C(F)F)nc1C(=O)N1CCc2[nH]cnc2[C@H]1c1cc2cccc(C(F)(F)F)c2o1. The minimum atomic E-state index is -4.64. The van der Waals surface area contributed by atoms with Gasteiger partial charge in [-0.1, -0.05) is 12.1 Å². The number of alkyl halides is 5. The van der Waals surface area contributed by atoms with E-state index in [2.05, 4.69) is 20.1 Å². The molecule has 0 bridgehead atoms. The van der Waals surface area contributed by atoms with Crippen LogP contribution in [0.1, 0.15) is 51.6 Å². The normalized spacial score (nSPS) is 16.6. The Hall–Kier alpha value is -3.77. The summed E-state index contributed by atoms with van der Waals surface area (Å²) in [5, 5.41) is 3.77. The van der Waals surface area contributed by atoms with E-state index in [1.165, 1.54) is 36.5 Å². The summed E-state index contributed by atoms with van der Waals surface area (Å²) in [5.74, 6) is -1.80. The second-order valence-electron chi connectivity index (χ2n) is 7.51. The quantitative estimate of drug-likeness (QED) is 0.461. The van der Waals surface area contributed by atoms with Crippen LogP contribution in [0.15, 0.2) is 35.0 Å². The van der Waals surface area contributed by atoms with Crippen LogP contribution in [0.4, 0.5) is 22.0 Å². The van der Waals surface area contributed by atoms with Crippen LogP contribution < -0.4 is 0 Å². The molecule has 1 aliphatic heterocycles. The number of para-hydroxylation sites is 1. The summed E-state index contributed by atoms with van der Waals surface area (Å²) in [7, 11) is 1.31. The number of benzene rings is 1. The van der Waals surface area contributed by atoms with Crippen LogP contribution in [0.3, 0.4) is 0 Å². The molecule has 0 radical (unpaired) electrons. The van der Waals surface area contributed by atoms with Crippen molar-refractivity contribution in [3.8, 4) is 0 Å². The van der Waals surface area contributed by atoms with Crippen LogP contribution in [0, 0.1) is 0 Å². The van der Waals surface area contributed by atoms with Crippen LogP contribution in [0.5, 0.6) is 0 Å². The van der Waals surface area contributed by atoms with Gasteiger partial charge >= 0.3 is 6.18 Å². The number of halogens is 5. The molecule has 0 saturated heterocycles.